The molecule has 3 heterocycles. The molecule has 5 rings (SSSR count). The second-order valence-corrected chi connectivity index (χ2v) is 9.67. The summed E-state index contributed by atoms with van der Waals surface area (Å²) in [5, 5.41) is 11.7. The van der Waals surface area contributed by atoms with Crippen LogP contribution in [-0.4, -0.2) is 83.9 Å². The summed E-state index contributed by atoms with van der Waals surface area (Å²) in [5.41, 5.74) is 0.621. The first-order chi connectivity index (χ1) is 19.6. The van der Waals surface area contributed by atoms with E-state index in [-0.39, 0.29) is 11.9 Å². The monoisotopic (exact) mass is 542 g/mol. The van der Waals surface area contributed by atoms with Gasteiger partial charge >= 0.3 is 0 Å². The lowest BCUT2D eigenvalue weighted by Crippen LogP contribution is -2.30. The Balaban J connectivity index is 1.20. The van der Waals surface area contributed by atoms with Crippen LogP contribution >= 0.6 is 0 Å². The molecule has 2 N–H and O–H groups in total. The van der Waals surface area contributed by atoms with Crippen molar-refractivity contribution in [3.63, 3.8) is 0 Å². The van der Waals surface area contributed by atoms with Crippen molar-refractivity contribution in [3.8, 4) is 23.0 Å². The number of likely N-dealkylation sites (N-methyl/N-ethyl adjacent to an activating group) is 1. The first-order valence-electron chi connectivity index (χ1n) is 13.3. The van der Waals surface area contributed by atoms with Gasteiger partial charge in [0.1, 0.15) is 28.4 Å². The highest BCUT2D eigenvalue weighted by molar-refractivity contribution is 5.93. The quantitative estimate of drug-likeness (QED) is 0.249. The third-order valence-electron chi connectivity index (χ3n) is 6.65. The minimum Gasteiger partial charge on any atom is -0.457 e. The Morgan fingerprint density at radius 2 is 1.85 bits per heavy atom. The lowest BCUT2D eigenvalue weighted by atomic mass is 10.2. The molecule has 0 aliphatic carbocycles. The summed E-state index contributed by atoms with van der Waals surface area (Å²) in [6.45, 7) is 3.45. The number of aromatic amines is 1. The van der Waals surface area contributed by atoms with Crippen molar-refractivity contribution >= 4 is 22.8 Å². The van der Waals surface area contributed by atoms with Crippen LogP contribution < -0.4 is 14.8 Å². The molecule has 1 atom stereocenters. The van der Waals surface area contributed by atoms with Crippen LogP contribution in [0.15, 0.2) is 79.0 Å². The molecule has 10 heteroatoms. The first-order valence-corrected chi connectivity index (χ1v) is 13.3. The summed E-state index contributed by atoms with van der Waals surface area (Å²) < 4.78 is 17.2. The van der Waals surface area contributed by atoms with Gasteiger partial charge in [-0.2, -0.15) is 5.10 Å². The molecule has 0 saturated carbocycles. The number of pyridine rings is 1. The summed E-state index contributed by atoms with van der Waals surface area (Å²) >= 11 is 0. The molecule has 1 amide bonds. The Morgan fingerprint density at radius 3 is 2.62 bits per heavy atom. The molecular weight excluding hydrogens is 508 g/mol. The fraction of sp³-hybridized carbons (Fsp3) is 0.300. The van der Waals surface area contributed by atoms with Crippen LogP contribution in [0.2, 0.25) is 0 Å². The van der Waals surface area contributed by atoms with Crippen molar-refractivity contribution < 1.29 is 19.0 Å². The van der Waals surface area contributed by atoms with Gasteiger partial charge in [-0.25, -0.2) is 4.98 Å². The Morgan fingerprint density at radius 1 is 1.10 bits per heavy atom. The van der Waals surface area contributed by atoms with E-state index in [4.69, 9.17) is 14.2 Å². The zero-order valence-corrected chi connectivity index (χ0v) is 22.7. The van der Waals surface area contributed by atoms with Gasteiger partial charge in [0.15, 0.2) is 11.5 Å². The van der Waals surface area contributed by atoms with E-state index in [9.17, 15) is 4.79 Å². The standard InChI is InChI=1S/C30H34N6O4/c1-35(19-20-38-2)17-6-9-27(37)36-18-15-22(21-36)32-30-28-26(14-16-31-29(28)33-34-30)40-25-12-10-24(11-13-25)39-23-7-4-3-5-8-23/h3-14,16,22H,15,17-21H2,1-2H3,(H2,31,32,33,34)/b9-6+. The normalized spacial score (nSPS) is 15.3. The molecule has 0 bridgehead atoms. The van der Waals surface area contributed by atoms with Crippen molar-refractivity contribution in [2.24, 2.45) is 0 Å². The highest BCUT2D eigenvalue weighted by atomic mass is 16.5. The smallest absolute Gasteiger partial charge is 0.246 e. The maximum absolute atomic E-state index is 12.7. The minimum atomic E-state index is 0.0155. The molecule has 40 heavy (non-hydrogen) atoms. The number of amides is 1. The number of methoxy groups -OCH3 is 1. The van der Waals surface area contributed by atoms with Gasteiger partial charge in [-0.1, -0.05) is 24.3 Å². The maximum atomic E-state index is 12.7. The van der Waals surface area contributed by atoms with Crippen molar-refractivity contribution in [3.05, 3.63) is 79.0 Å². The predicted molar refractivity (Wildman–Crippen MR) is 154 cm³/mol. The lowest BCUT2D eigenvalue weighted by molar-refractivity contribution is -0.125. The van der Waals surface area contributed by atoms with Gasteiger partial charge in [0.05, 0.1) is 6.61 Å². The summed E-state index contributed by atoms with van der Waals surface area (Å²) in [7, 11) is 3.68. The highest BCUT2D eigenvalue weighted by Crippen LogP contribution is 2.34. The molecule has 0 radical (unpaired) electrons. The van der Waals surface area contributed by atoms with Crippen LogP contribution in [-0.2, 0) is 9.53 Å². The van der Waals surface area contributed by atoms with Gasteiger partial charge in [-0.15, -0.1) is 0 Å². The maximum Gasteiger partial charge on any atom is 0.246 e. The number of hydrogen-bond acceptors (Lipinski definition) is 8. The third-order valence-corrected chi connectivity index (χ3v) is 6.65. The molecule has 10 nitrogen and oxygen atoms in total. The van der Waals surface area contributed by atoms with Crippen LogP contribution in [0.3, 0.4) is 0 Å². The molecule has 1 aliphatic heterocycles. The number of fused-ring (bicyclic) bond motifs is 1. The third kappa shape index (κ3) is 6.96. The Kier molecular flexibility index (Phi) is 8.89. The van der Waals surface area contributed by atoms with Crippen molar-refractivity contribution in [1.29, 1.82) is 0 Å². The minimum absolute atomic E-state index is 0.0155. The summed E-state index contributed by atoms with van der Waals surface area (Å²) in [5.74, 6) is 3.45. The number of likely N-dealkylation sites (tertiary alicyclic amines) is 1. The van der Waals surface area contributed by atoms with Crippen molar-refractivity contribution in [2.75, 3.05) is 52.3 Å². The number of nitrogens with zero attached hydrogens (tertiary/aromatic N) is 4. The SMILES string of the molecule is COCCN(C)C/C=C/C(=O)N1CCC(Nc2n[nH]c3nccc(Oc4ccc(Oc5ccccc5)cc4)c23)C1. The number of aromatic nitrogens is 3. The average Bonchev–Trinajstić information content (AvgIpc) is 3.62. The molecule has 1 unspecified atom stereocenters. The molecule has 4 aromatic rings. The fourth-order valence-corrected chi connectivity index (χ4v) is 4.49. The lowest BCUT2D eigenvalue weighted by Gasteiger charge is -2.16. The molecular formula is C30H34N6O4. The highest BCUT2D eigenvalue weighted by Gasteiger charge is 2.26. The largest absolute Gasteiger partial charge is 0.457 e. The topological polar surface area (TPSA) is 105 Å². The second kappa shape index (κ2) is 13.1. The van der Waals surface area contributed by atoms with Gasteiger partial charge in [-0.05, 0) is 49.9 Å². The molecule has 208 valence electrons. The number of H-pyrrole nitrogens is 1. The number of ether oxygens (including phenoxy) is 3. The van der Waals surface area contributed by atoms with Gasteiger partial charge < -0.3 is 29.3 Å². The zero-order valence-electron chi connectivity index (χ0n) is 22.7. The first kappa shape index (κ1) is 27.2. The van der Waals surface area contributed by atoms with E-state index in [1.54, 1.807) is 19.4 Å². The number of para-hydroxylation sites is 1. The van der Waals surface area contributed by atoms with Crippen molar-refractivity contribution in [2.45, 2.75) is 12.5 Å². The molecule has 1 fully saturated rings. The molecule has 2 aromatic heterocycles. The predicted octanol–water partition coefficient (Wildman–Crippen LogP) is 4.69. The fourth-order valence-electron chi connectivity index (χ4n) is 4.49. The molecule has 0 spiro atoms. The van der Waals surface area contributed by atoms with E-state index in [0.717, 1.165) is 29.9 Å². The number of carbonyl (C=O) groups is 1. The van der Waals surface area contributed by atoms with Gasteiger partial charge in [-0.3, -0.25) is 9.89 Å². The van der Waals surface area contributed by atoms with Gasteiger partial charge in [0, 0.05) is 57.7 Å². The summed E-state index contributed by atoms with van der Waals surface area (Å²) in [6.07, 6.45) is 6.06. The number of carbonyl (C=O) groups excluding carboxylic acids is 1. The van der Waals surface area contributed by atoms with E-state index >= 15 is 0 Å². The van der Waals surface area contributed by atoms with E-state index in [1.807, 2.05) is 78.7 Å². The van der Waals surface area contributed by atoms with Crippen LogP contribution in [0.1, 0.15) is 6.42 Å². The molecule has 1 saturated heterocycles. The van der Waals surface area contributed by atoms with Gasteiger partial charge in [0.25, 0.3) is 0 Å². The van der Waals surface area contributed by atoms with E-state index in [2.05, 4.69) is 25.4 Å². The second-order valence-electron chi connectivity index (χ2n) is 9.67. The van der Waals surface area contributed by atoms with Crippen LogP contribution in [0.25, 0.3) is 11.0 Å². The number of nitrogens with one attached hydrogen (secondary N) is 2. The average molecular weight is 543 g/mol. The Hall–Kier alpha value is -4.41. The number of rotatable bonds is 12. The number of anilines is 1. The molecule has 1 aliphatic rings. The number of benzene rings is 2. The van der Waals surface area contributed by atoms with Gasteiger partial charge in [0.2, 0.25) is 5.91 Å². The number of hydrogen-bond donors (Lipinski definition) is 2. The Labute approximate surface area is 233 Å². The summed E-state index contributed by atoms with van der Waals surface area (Å²) in [6, 6.07) is 19.0. The van der Waals surface area contributed by atoms with Crippen LogP contribution in [0.4, 0.5) is 5.82 Å². The van der Waals surface area contributed by atoms with Crippen LogP contribution in [0.5, 0.6) is 23.0 Å². The van der Waals surface area contributed by atoms with Crippen LogP contribution in [0, 0.1) is 0 Å². The Bertz CT molecular complexity index is 1420. The summed E-state index contributed by atoms with van der Waals surface area (Å²) in [4.78, 5) is 21.1. The van der Waals surface area contributed by atoms with Crippen molar-refractivity contribution in [1.82, 2.24) is 25.0 Å². The zero-order chi connectivity index (χ0) is 27.7. The van der Waals surface area contributed by atoms with E-state index in [1.165, 1.54) is 0 Å². The van der Waals surface area contributed by atoms with E-state index < -0.39 is 0 Å². The van der Waals surface area contributed by atoms with E-state index in [0.29, 0.717) is 49.2 Å². The molecule has 2 aromatic carbocycles.